The van der Waals surface area contributed by atoms with Crippen LogP contribution in [0.4, 0.5) is 0 Å². The van der Waals surface area contributed by atoms with Gasteiger partial charge in [0.05, 0.1) is 17.1 Å². The van der Waals surface area contributed by atoms with E-state index >= 15 is 0 Å². The van der Waals surface area contributed by atoms with Crippen LogP contribution in [-0.2, 0) is 5.41 Å². The molecule has 0 atom stereocenters. The molecule has 7 aromatic carbocycles. The highest BCUT2D eigenvalue weighted by Crippen LogP contribution is 2.53. The van der Waals surface area contributed by atoms with Crippen LogP contribution < -0.4 is 0 Å². The molecular formula is C50H35N3. The third-order valence-corrected chi connectivity index (χ3v) is 10.9. The van der Waals surface area contributed by atoms with Crippen molar-refractivity contribution in [2.45, 2.75) is 19.3 Å². The Morgan fingerprint density at radius 3 is 1.81 bits per heavy atom. The molecule has 0 amide bonds. The molecule has 9 aromatic rings. The predicted molar refractivity (Wildman–Crippen MR) is 220 cm³/mol. The smallest absolute Gasteiger partial charge is 0.160 e. The van der Waals surface area contributed by atoms with Crippen LogP contribution >= 0.6 is 0 Å². The second-order valence-corrected chi connectivity index (χ2v) is 14.5. The average molecular weight is 678 g/mol. The monoisotopic (exact) mass is 677 g/mol. The lowest BCUT2D eigenvalue weighted by Crippen LogP contribution is -2.14. The summed E-state index contributed by atoms with van der Waals surface area (Å²) in [4.78, 5) is 15.1. The van der Waals surface area contributed by atoms with Crippen molar-refractivity contribution in [1.29, 1.82) is 0 Å². The summed E-state index contributed by atoms with van der Waals surface area (Å²) in [5.41, 5.74) is 14.5. The van der Waals surface area contributed by atoms with Crippen molar-refractivity contribution in [3.05, 3.63) is 187 Å². The molecule has 0 saturated carbocycles. The van der Waals surface area contributed by atoms with Crippen LogP contribution in [0.5, 0.6) is 0 Å². The molecule has 2 aromatic heterocycles. The van der Waals surface area contributed by atoms with E-state index in [0.29, 0.717) is 5.82 Å². The van der Waals surface area contributed by atoms with Crippen molar-refractivity contribution in [3.63, 3.8) is 0 Å². The number of pyridine rings is 1. The Hall–Kier alpha value is -6.71. The quantitative estimate of drug-likeness (QED) is 0.182. The van der Waals surface area contributed by atoms with Crippen molar-refractivity contribution in [1.82, 2.24) is 15.0 Å². The molecule has 0 spiro atoms. The van der Waals surface area contributed by atoms with E-state index in [1.807, 2.05) is 24.4 Å². The summed E-state index contributed by atoms with van der Waals surface area (Å²) in [5, 5.41) is 4.85. The maximum Gasteiger partial charge on any atom is 0.160 e. The predicted octanol–water partition coefficient (Wildman–Crippen LogP) is 12.8. The van der Waals surface area contributed by atoms with Gasteiger partial charge in [-0.25, -0.2) is 9.97 Å². The second kappa shape index (κ2) is 12.2. The van der Waals surface area contributed by atoms with Crippen LogP contribution in [0.2, 0.25) is 0 Å². The topological polar surface area (TPSA) is 38.7 Å². The van der Waals surface area contributed by atoms with Gasteiger partial charge in [-0.2, -0.15) is 0 Å². The van der Waals surface area contributed by atoms with Crippen LogP contribution in [0.3, 0.4) is 0 Å². The molecule has 0 unspecified atom stereocenters. The third-order valence-electron chi connectivity index (χ3n) is 10.9. The molecule has 0 fully saturated rings. The Morgan fingerprint density at radius 2 is 1.02 bits per heavy atom. The highest BCUT2D eigenvalue weighted by Gasteiger charge is 2.37. The fourth-order valence-electron chi connectivity index (χ4n) is 8.19. The van der Waals surface area contributed by atoms with Gasteiger partial charge in [-0.3, -0.25) is 4.98 Å². The van der Waals surface area contributed by atoms with Crippen molar-refractivity contribution in [2.24, 2.45) is 0 Å². The van der Waals surface area contributed by atoms with E-state index in [0.717, 1.165) is 50.3 Å². The lowest BCUT2D eigenvalue weighted by atomic mass is 9.81. The van der Waals surface area contributed by atoms with Gasteiger partial charge in [0.25, 0.3) is 0 Å². The average Bonchev–Trinajstić information content (AvgIpc) is 3.45. The van der Waals surface area contributed by atoms with E-state index in [4.69, 9.17) is 9.97 Å². The summed E-state index contributed by atoms with van der Waals surface area (Å²) in [6.07, 6.45) is 1.85. The van der Waals surface area contributed by atoms with Gasteiger partial charge in [0.2, 0.25) is 0 Å². The van der Waals surface area contributed by atoms with Gasteiger partial charge in [-0.05, 0) is 97.4 Å². The van der Waals surface area contributed by atoms with Gasteiger partial charge in [0.1, 0.15) is 0 Å². The molecule has 0 bridgehead atoms. The lowest BCUT2D eigenvalue weighted by Gasteiger charge is -2.22. The first-order valence-corrected chi connectivity index (χ1v) is 18.2. The van der Waals surface area contributed by atoms with Gasteiger partial charge in [-0.1, -0.05) is 141 Å². The summed E-state index contributed by atoms with van der Waals surface area (Å²) in [6, 6.07) is 60.5. The number of hydrogen-bond acceptors (Lipinski definition) is 3. The molecule has 3 heteroatoms. The van der Waals surface area contributed by atoms with Gasteiger partial charge >= 0.3 is 0 Å². The number of rotatable bonds is 5. The van der Waals surface area contributed by atoms with Crippen molar-refractivity contribution in [2.75, 3.05) is 0 Å². The SMILES string of the molecule is CC1(C)c2cc3ccccc3cc2-c2c(-c3cc(-c4ccc5cc(-c6ccccc6-c6ccccn6)ccc5c4)nc(-c4ccccc4)n3)cccc21. The van der Waals surface area contributed by atoms with E-state index in [9.17, 15) is 0 Å². The molecule has 10 rings (SSSR count). The number of benzene rings is 7. The normalized spacial score (nSPS) is 12.9. The molecule has 0 N–H and O–H groups in total. The first-order valence-electron chi connectivity index (χ1n) is 18.2. The summed E-state index contributed by atoms with van der Waals surface area (Å²) in [6.45, 7) is 4.68. The largest absolute Gasteiger partial charge is 0.256 e. The highest BCUT2D eigenvalue weighted by atomic mass is 14.9. The summed E-state index contributed by atoms with van der Waals surface area (Å²) < 4.78 is 0. The third kappa shape index (κ3) is 5.24. The second-order valence-electron chi connectivity index (χ2n) is 14.5. The van der Waals surface area contributed by atoms with Gasteiger partial charge < -0.3 is 0 Å². The summed E-state index contributed by atoms with van der Waals surface area (Å²) in [7, 11) is 0. The lowest BCUT2D eigenvalue weighted by molar-refractivity contribution is 0.661. The van der Waals surface area contributed by atoms with E-state index in [-0.39, 0.29) is 5.41 Å². The Kier molecular flexibility index (Phi) is 7.16. The molecule has 3 nitrogen and oxygen atoms in total. The van der Waals surface area contributed by atoms with Gasteiger partial charge in [0, 0.05) is 33.9 Å². The van der Waals surface area contributed by atoms with Crippen molar-refractivity contribution in [3.8, 4) is 67.4 Å². The molecule has 1 aliphatic rings. The molecule has 0 saturated heterocycles. The fourth-order valence-corrected chi connectivity index (χ4v) is 8.19. The molecule has 2 heterocycles. The Bertz CT molecular complexity index is 2860. The Balaban J connectivity index is 1.12. The minimum Gasteiger partial charge on any atom is -0.256 e. The van der Waals surface area contributed by atoms with Crippen molar-refractivity contribution >= 4 is 21.5 Å². The first-order chi connectivity index (χ1) is 26.0. The molecule has 0 radical (unpaired) electrons. The Morgan fingerprint density at radius 1 is 0.377 bits per heavy atom. The number of hydrogen-bond donors (Lipinski definition) is 0. The standard InChI is InChI=1S/C50H35N3/c1-50(2)43-20-12-19-41(48(43)42-29-33-15-6-7-16-34(33)30-44(42)50)47-31-46(52-49(53-47)32-13-4-3-5-14-32)38-25-23-35-27-37(24-22-36(35)28-38)39-17-8-9-18-40(39)45-21-10-11-26-51-45/h3-31H,1-2H3. The maximum absolute atomic E-state index is 5.28. The van der Waals surface area contributed by atoms with Gasteiger partial charge in [0.15, 0.2) is 5.82 Å². The zero-order valence-electron chi connectivity index (χ0n) is 29.6. The molecular weight excluding hydrogens is 643 g/mol. The van der Waals surface area contributed by atoms with E-state index < -0.39 is 0 Å². The number of fused-ring (bicyclic) bond motifs is 5. The number of nitrogens with zero attached hydrogens (tertiary/aromatic N) is 3. The number of aromatic nitrogens is 3. The molecule has 53 heavy (non-hydrogen) atoms. The van der Waals surface area contributed by atoms with Crippen LogP contribution in [0.15, 0.2) is 176 Å². The van der Waals surface area contributed by atoms with Crippen LogP contribution in [0, 0.1) is 0 Å². The van der Waals surface area contributed by atoms with Crippen molar-refractivity contribution < 1.29 is 0 Å². The summed E-state index contributed by atoms with van der Waals surface area (Å²) in [5.74, 6) is 0.716. The van der Waals surface area contributed by atoms with E-state index in [1.54, 1.807) is 0 Å². The highest BCUT2D eigenvalue weighted by molar-refractivity contribution is 5.99. The fraction of sp³-hybridized carbons (Fsp3) is 0.0600. The first kappa shape index (κ1) is 31.1. The van der Waals surface area contributed by atoms with Crippen LogP contribution in [0.1, 0.15) is 25.0 Å². The van der Waals surface area contributed by atoms with Gasteiger partial charge in [-0.15, -0.1) is 0 Å². The summed E-state index contributed by atoms with van der Waals surface area (Å²) >= 11 is 0. The minimum atomic E-state index is -0.141. The molecule has 1 aliphatic carbocycles. The minimum absolute atomic E-state index is 0.141. The van der Waals surface area contributed by atoms with E-state index in [2.05, 4.69) is 170 Å². The van der Waals surface area contributed by atoms with Crippen LogP contribution in [-0.4, -0.2) is 15.0 Å². The zero-order chi connectivity index (χ0) is 35.5. The Labute approximate surface area is 309 Å². The van der Waals surface area contributed by atoms with E-state index in [1.165, 1.54) is 44.0 Å². The molecule has 0 aliphatic heterocycles. The maximum atomic E-state index is 5.28. The van der Waals surface area contributed by atoms with Crippen LogP contribution in [0.25, 0.3) is 89.0 Å². The zero-order valence-corrected chi connectivity index (χ0v) is 29.6. The molecule has 250 valence electrons.